The van der Waals surface area contributed by atoms with E-state index >= 15 is 0 Å². The van der Waals surface area contributed by atoms with Gasteiger partial charge in [0.15, 0.2) is 6.10 Å². The van der Waals surface area contributed by atoms with Crippen molar-refractivity contribution in [1.82, 2.24) is 0 Å². The number of unbranched alkanes of at least 4 members (excludes halogenated alkanes) is 1. The Morgan fingerprint density at radius 3 is 2.67 bits per heavy atom. The molecular formula is C19H30O5. The maximum absolute atomic E-state index is 12.0. The molecule has 0 amide bonds. The zero-order valence-electron chi connectivity index (χ0n) is 14.4. The summed E-state index contributed by atoms with van der Waals surface area (Å²) in [5.74, 6) is -0.893. The molecule has 0 radical (unpaired) electrons. The van der Waals surface area contributed by atoms with Crippen LogP contribution in [0.25, 0.3) is 0 Å². The van der Waals surface area contributed by atoms with Gasteiger partial charge >= 0.3 is 5.97 Å². The second-order valence-electron chi connectivity index (χ2n) is 6.53. The van der Waals surface area contributed by atoms with Crippen LogP contribution in [0, 0.1) is 11.8 Å². The Balaban J connectivity index is 2.42. The fourth-order valence-corrected chi connectivity index (χ4v) is 3.01. The summed E-state index contributed by atoms with van der Waals surface area (Å²) in [6.07, 6.45) is 11.3. The highest BCUT2D eigenvalue weighted by molar-refractivity contribution is 5.83. The number of aliphatic hydroxyl groups excluding tert-OH is 2. The molecule has 0 aromatic rings. The molecular weight excluding hydrogens is 308 g/mol. The van der Waals surface area contributed by atoms with Gasteiger partial charge in [0.05, 0.1) is 6.10 Å². The van der Waals surface area contributed by atoms with E-state index in [2.05, 4.69) is 6.92 Å². The fourth-order valence-electron chi connectivity index (χ4n) is 3.01. The second-order valence-corrected chi connectivity index (χ2v) is 6.53. The van der Waals surface area contributed by atoms with Gasteiger partial charge in [0.2, 0.25) is 0 Å². The van der Waals surface area contributed by atoms with Crippen LogP contribution in [0.5, 0.6) is 0 Å². The fraction of sp³-hybridized carbons (Fsp3) is 0.684. The molecule has 5 heteroatoms. The monoisotopic (exact) mass is 338 g/mol. The zero-order chi connectivity index (χ0) is 17.9. The molecule has 2 unspecified atom stereocenters. The minimum absolute atomic E-state index is 0.0559. The summed E-state index contributed by atoms with van der Waals surface area (Å²) in [6.45, 7) is 2.10. The van der Waals surface area contributed by atoms with Crippen LogP contribution in [0.1, 0.15) is 58.3 Å². The van der Waals surface area contributed by atoms with Gasteiger partial charge in [0, 0.05) is 18.8 Å². The zero-order valence-corrected chi connectivity index (χ0v) is 14.4. The van der Waals surface area contributed by atoms with E-state index in [-0.39, 0.29) is 30.1 Å². The van der Waals surface area contributed by atoms with Crippen molar-refractivity contribution >= 4 is 11.8 Å². The predicted molar refractivity (Wildman–Crippen MR) is 92.5 cm³/mol. The van der Waals surface area contributed by atoms with E-state index in [9.17, 15) is 19.8 Å². The molecule has 1 saturated carbocycles. The number of rotatable bonds is 11. The molecule has 136 valence electrons. The predicted octanol–water partition coefficient (Wildman–Crippen LogP) is 2.86. The Labute approximate surface area is 144 Å². The van der Waals surface area contributed by atoms with Crippen LogP contribution in [0.2, 0.25) is 0 Å². The highest BCUT2D eigenvalue weighted by atomic mass is 16.4. The smallest absolute Gasteiger partial charge is 0.332 e. The minimum Gasteiger partial charge on any atom is -0.479 e. The number of aliphatic hydroxyl groups is 2. The number of ketones is 1. The van der Waals surface area contributed by atoms with Gasteiger partial charge < -0.3 is 15.3 Å². The van der Waals surface area contributed by atoms with Gasteiger partial charge in [0.25, 0.3) is 0 Å². The number of carboxylic acids is 1. The molecule has 4 atom stereocenters. The highest BCUT2D eigenvalue weighted by Gasteiger charge is 2.31. The number of carboxylic acid groups (broad SMARTS) is 1. The van der Waals surface area contributed by atoms with Gasteiger partial charge in [-0.15, -0.1) is 0 Å². The number of hydrogen-bond donors (Lipinski definition) is 3. The number of hydrogen-bond acceptors (Lipinski definition) is 4. The van der Waals surface area contributed by atoms with Gasteiger partial charge in [0.1, 0.15) is 5.78 Å². The number of allylic oxidation sites excluding steroid dienone is 2. The molecule has 0 aliphatic heterocycles. The Bertz CT molecular complexity index is 455. The standard InChI is InChI=1S/C19H30O5/c1-2-3-8-15(20)9-6-7-14-12-13-17(21)16(14)10-4-5-11-18(22)19(23)24/h4-7,14-16,18,20,22H,2-3,8-13H2,1H3,(H,23,24)/t14-,15?,16+,18?/m0/s1. The van der Waals surface area contributed by atoms with E-state index in [0.717, 1.165) is 25.7 Å². The minimum atomic E-state index is -1.39. The van der Waals surface area contributed by atoms with Crippen LogP contribution < -0.4 is 0 Å². The van der Waals surface area contributed by atoms with Crippen molar-refractivity contribution in [3.8, 4) is 0 Å². The van der Waals surface area contributed by atoms with Gasteiger partial charge in [-0.3, -0.25) is 4.79 Å². The van der Waals surface area contributed by atoms with Crippen LogP contribution in [0.3, 0.4) is 0 Å². The van der Waals surface area contributed by atoms with Gasteiger partial charge in [-0.05, 0) is 31.6 Å². The molecule has 0 bridgehead atoms. The third-order valence-electron chi connectivity index (χ3n) is 4.54. The molecule has 3 N–H and O–H groups in total. The third-order valence-corrected chi connectivity index (χ3v) is 4.54. The summed E-state index contributed by atoms with van der Waals surface area (Å²) >= 11 is 0. The lowest BCUT2D eigenvalue weighted by atomic mass is 9.91. The van der Waals surface area contributed by atoms with Crippen molar-refractivity contribution in [2.24, 2.45) is 11.8 Å². The summed E-state index contributed by atoms with van der Waals surface area (Å²) in [7, 11) is 0. The number of carbonyl (C=O) groups is 2. The summed E-state index contributed by atoms with van der Waals surface area (Å²) in [4.78, 5) is 22.5. The molecule has 0 aromatic carbocycles. The Morgan fingerprint density at radius 1 is 1.25 bits per heavy atom. The van der Waals surface area contributed by atoms with E-state index in [1.165, 1.54) is 0 Å². The molecule has 0 spiro atoms. The van der Waals surface area contributed by atoms with Crippen LogP contribution in [-0.2, 0) is 9.59 Å². The van der Waals surface area contributed by atoms with Gasteiger partial charge in [-0.1, -0.05) is 44.1 Å². The summed E-state index contributed by atoms with van der Waals surface area (Å²) in [5, 5.41) is 27.6. The van der Waals surface area contributed by atoms with Crippen molar-refractivity contribution in [3.05, 3.63) is 24.3 Å². The molecule has 1 rings (SSSR count). The summed E-state index contributed by atoms with van der Waals surface area (Å²) < 4.78 is 0. The first-order valence-corrected chi connectivity index (χ1v) is 8.89. The molecule has 0 heterocycles. The van der Waals surface area contributed by atoms with Crippen molar-refractivity contribution < 1.29 is 24.9 Å². The van der Waals surface area contributed by atoms with Gasteiger partial charge in [-0.25, -0.2) is 4.79 Å². The van der Waals surface area contributed by atoms with E-state index in [0.29, 0.717) is 19.3 Å². The van der Waals surface area contributed by atoms with Crippen molar-refractivity contribution in [2.75, 3.05) is 0 Å². The maximum atomic E-state index is 12.0. The third kappa shape index (κ3) is 7.41. The van der Waals surface area contributed by atoms with E-state index in [1.54, 1.807) is 12.2 Å². The first kappa shape index (κ1) is 20.6. The SMILES string of the molecule is CCCCC(O)CC=C[C@H]1CCC(=O)[C@@H]1CC=CCC(O)C(=O)O. The normalized spacial score (nSPS) is 24.0. The molecule has 0 aromatic heterocycles. The van der Waals surface area contributed by atoms with Crippen LogP contribution in [-0.4, -0.2) is 39.3 Å². The Hall–Kier alpha value is -1.46. The van der Waals surface area contributed by atoms with Gasteiger partial charge in [-0.2, -0.15) is 0 Å². The Morgan fingerprint density at radius 2 is 2.00 bits per heavy atom. The van der Waals surface area contributed by atoms with Crippen LogP contribution in [0.4, 0.5) is 0 Å². The second kappa shape index (κ2) is 11.2. The number of Topliss-reactive ketones (excluding diaryl/α,β-unsaturated/α-hetero) is 1. The molecule has 1 fully saturated rings. The number of aliphatic carboxylic acids is 1. The molecule has 5 nitrogen and oxygen atoms in total. The molecule has 1 aliphatic rings. The highest BCUT2D eigenvalue weighted by Crippen LogP contribution is 2.33. The number of carbonyl (C=O) groups excluding carboxylic acids is 1. The summed E-state index contributed by atoms with van der Waals surface area (Å²) in [5.41, 5.74) is 0. The van der Waals surface area contributed by atoms with Crippen LogP contribution >= 0.6 is 0 Å². The van der Waals surface area contributed by atoms with Crippen molar-refractivity contribution in [3.63, 3.8) is 0 Å². The summed E-state index contributed by atoms with van der Waals surface area (Å²) in [6, 6.07) is 0. The molecule has 1 aliphatic carbocycles. The first-order valence-electron chi connectivity index (χ1n) is 8.89. The lowest BCUT2D eigenvalue weighted by Crippen LogP contribution is -2.18. The van der Waals surface area contributed by atoms with E-state index < -0.39 is 12.1 Å². The van der Waals surface area contributed by atoms with Crippen molar-refractivity contribution in [1.29, 1.82) is 0 Å². The average molecular weight is 338 g/mol. The quantitative estimate of drug-likeness (QED) is 0.504. The molecule has 24 heavy (non-hydrogen) atoms. The lowest BCUT2D eigenvalue weighted by Gasteiger charge is -2.13. The largest absolute Gasteiger partial charge is 0.479 e. The van der Waals surface area contributed by atoms with E-state index in [4.69, 9.17) is 5.11 Å². The Kier molecular flexibility index (Phi) is 9.57. The van der Waals surface area contributed by atoms with E-state index in [1.807, 2.05) is 12.2 Å². The maximum Gasteiger partial charge on any atom is 0.332 e. The average Bonchev–Trinajstić information content (AvgIpc) is 2.89. The lowest BCUT2D eigenvalue weighted by molar-refractivity contribution is -0.146. The topological polar surface area (TPSA) is 94.8 Å². The first-order chi connectivity index (χ1) is 11.5. The molecule has 0 saturated heterocycles. The van der Waals surface area contributed by atoms with Crippen molar-refractivity contribution in [2.45, 2.75) is 70.5 Å². The van der Waals surface area contributed by atoms with Crippen LogP contribution in [0.15, 0.2) is 24.3 Å².